The van der Waals surface area contributed by atoms with Crippen molar-refractivity contribution in [3.63, 3.8) is 0 Å². The number of ether oxygens (including phenoxy) is 2. The van der Waals surface area contributed by atoms with Crippen LogP contribution in [0.5, 0.6) is 11.5 Å². The molecule has 0 radical (unpaired) electrons. The van der Waals surface area contributed by atoms with Crippen molar-refractivity contribution in [2.45, 2.75) is 0 Å². The van der Waals surface area contributed by atoms with Crippen molar-refractivity contribution in [1.82, 2.24) is 0 Å². The third-order valence-corrected chi connectivity index (χ3v) is 3.04. The number of methoxy groups -OCH3 is 2. The van der Waals surface area contributed by atoms with E-state index in [0.717, 1.165) is 5.69 Å². The van der Waals surface area contributed by atoms with Gasteiger partial charge in [0.05, 0.1) is 36.6 Å². The van der Waals surface area contributed by atoms with Gasteiger partial charge in [0.25, 0.3) is 0 Å². The van der Waals surface area contributed by atoms with Crippen molar-refractivity contribution in [2.75, 3.05) is 19.5 Å². The number of benzene rings is 2. The average Bonchev–Trinajstić information content (AvgIpc) is 2.48. The topological polar surface area (TPSA) is 54.3 Å². The smallest absolute Gasteiger partial charge is 0.124 e. The van der Waals surface area contributed by atoms with E-state index in [1.807, 2.05) is 18.2 Å². The molecule has 0 aliphatic rings. The highest BCUT2D eigenvalue weighted by atomic mass is 35.5. The number of anilines is 2. The fourth-order valence-electron chi connectivity index (χ4n) is 1.72. The standard InChI is InChI=1S/C15H13ClN2O2/c1-19-12-6-11(7-13(8-12)20-2)18-15-4-3-10(9-17)5-14(15)16/h3-8,18H,1-2H3. The first kappa shape index (κ1) is 14.0. The van der Waals surface area contributed by atoms with Crippen LogP contribution in [-0.4, -0.2) is 14.2 Å². The lowest BCUT2D eigenvalue weighted by Crippen LogP contribution is -1.94. The molecule has 0 bridgehead atoms. The van der Waals surface area contributed by atoms with Crippen molar-refractivity contribution < 1.29 is 9.47 Å². The number of hydrogen-bond donors (Lipinski definition) is 1. The fraction of sp³-hybridized carbons (Fsp3) is 0.133. The number of hydrogen-bond acceptors (Lipinski definition) is 4. The summed E-state index contributed by atoms with van der Waals surface area (Å²) in [6.45, 7) is 0. The number of rotatable bonds is 4. The van der Waals surface area contributed by atoms with E-state index in [4.69, 9.17) is 26.3 Å². The molecule has 2 rings (SSSR count). The maximum Gasteiger partial charge on any atom is 0.124 e. The first-order valence-corrected chi connectivity index (χ1v) is 6.24. The Morgan fingerprint density at radius 3 is 2.20 bits per heavy atom. The van der Waals surface area contributed by atoms with Crippen LogP contribution in [0.3, 0.4) is 0 Å². The van der Waals surface area contributed by atoms with Gasteiger partial charge in [0.15, 0.2) is 0 Å². The van der Waals surface area contributed by atoms with Crippen molar-refractivity contribution in [2.24, 2.45) is 0 Å². The van der Waals surface area contributed by atoms with Crippen LogP contribution in [0.4, 0.5) is 11.4 Å². The van der Waals surface area contributed by atoms with Crippen LogP contribution in [0.25, 0.3) is 0 Å². The highest BCUT2D eigenvalue weighted by molar-refractivity contribution is 6.33. The molecule has 0 saturated heterocycles. The SMILES string of the molecule is COc1cc(Nc2ccc(C#N)cc2Cl)cc(OC)c1. The minimum absolute atomic E-state index is 0.478. The van der Waals surface area contributed by atoms with E-state index >= 15 is 0 Å². The molecule has 0 aliphatic heterocycles. The Hall–Kier alpha value is -2.38. The molecule has 0 unspecified atom stereocenters. The molecule has 0 spiro atoms. The molecule has 0 aromatic heterocycles. The van der Waals surface area contributed by atoms with Crippen LogP contribution < -0.4 is 14.8 Å². The quantitative estimate of drug-likeness (QED) is 0.925. The molecule has 0 saturated carbocycles. The Balaban J connectivity index is 2.32. The van der Waals surface area contributed by atoms with Gasteiger partial charge in [0.1, 0.15) is 11.5 Å². The molecule has 0 aliphatic carbocycles. The van der Waals surface area contributed by atoms with Gasteiger partial charge in [0.2, 0.25) is 0 Å². The molecule has 0 heterocycles. The fourth-order valence-corrected chi connectivity index (χ4v) is 1.95. The minimum Gasteiger partial charge on any atom is -0.497 e. The second-order valence-electron chi connectivity index (χ2n) is 4.03. The summed E-state index contributed by atoms with van der Waals surface area (Å²) in [4.78, 5) is 0. The molecule has 1 N–H and O–H groups in total. The second-order valence-corrected chi connectivity index (χ2v) is 4.44. The summed E-state index contributed by atoms with van der Waals surface area (Å²) in [5.74, 6) is 1.35. The van der Waals surface area contributed by atoms with Gasteiger partial charge in [-0.1, -0.05) is 11.6 Å². The van der Waals surface area contributed by atoms with Crippen LogP contribution in [0.2, 0.25) is 5.02 Å². The first-order chi connectivity index (χ1) is 9.66. The largest absolute Gasteiger partial charge is 0.497 e. The predicted octanol–water partition coefficient (Wildman–Crippen LogP) is 3.97. The van der Waals surface area contributed by atoms with E-state index in [1.165, 1.54) is 0 Å². The van der Waals surface area contributed by atoms with Gasteiger partial charge < -0.3 is 14.8 Å². The number of halogens is 1. The zero-order valence-electron chi connectivity index (χ0n) is 11.1. The number of nitriles is 1. The first-order valence-electron chi connectivity index (χ1n) is 5.86. The van der Waals surface area contributed by atoms with Crippen LogP contribution in [0.1, 0.15) is 5.56 Å². The monoisotopic (exact) mass is 288 g/mol. The highest BCUT2D eigenvalue weighted by Crippen LogP contribution is 2.31. The third kappa shape index (κ3) is 3.14. The maximum absolute atomic E-state index is 8.82. The summed E-state index contributed by atoms with van der Waals surface area (Å²) in [6.07, 6.45) is 0. The lowest BCUT2D eigenvalue weighted by molar-refractivity contribution is 0.395. The highest BCUT2D eigenvalue weighted by Gasteiger charge is 2.05. The molecular formula is C15H13ClN2O2. The molecule has 5 heteroatoms. The molecule has 0 amide bonds. The van der Waals surface area contributed by atoms with Gasteiger partial charge in [-0.05, 0) is 18.2 Å². The molecular weight excluding hydrogens is 276 g/mol. The van der Waals surface area contributed by atoms with Crippen LogP contribution in [0.15, 0.2) is 36.4 Å². The molecule has 102 valence electrons. The van der Waals surface area contributed by atoms with Crippen LogP contribution in [0, 0.1) is 11.3 Å². The van der Waals surface area contributed by atoms with Crippen molar-refractivity contribution >= 4 is 23.0 Å². The Morgan fingerprint density at radius 1 is 1.05 bits per heavy atom. The van der Waals surface area contributed by atoms with Crippen molar-refractivity contribution in [3.05, 3.63) is 47.0 Å². The Labute approximate surface area is 122 Å². The van der Waals surface area contributed by atoms with Gasteiger partial charge in [-0.15, -0.1) is 0 Å². The van der Waals surface area contributed by atoms with Gasteiger partial charge in [-0.25, -0.2) is 0 Å². The van der Waals surface area contributed by atoms with E-state index < -0.39 is 0 Å². The maximum atomic E-state index is 8.82. The summed E-state index contributed by atoms with van der Waals surface area (Å²) in [5.41, 5.74) is 2.01. The predicted molar refractivity (Wildman–Crippen MR) is 79.0 cm³/mol. The Kier molecular flexibility index (Phi) is 4.34. The zero-order chi connectivity index (χ0) is 14.5. The van der Waals surface area contributed by atoms with Crippen LogP contribution in [-0.2, 0) is 0 Å². The number of nitrogens with one attached hydrogen (secondary N) is 1. The summed E-state index contributed by atoms with van der Waals surface area (Å²) >= 11 is 6.13. The summed E-state index contributed by atoms with van der Waals surface area (Å²) in [5, 5.41) is 12.5. The second kappa shape index (κ2) is 6.18. The number of nitrogens with zero attached hydrogens (tertiary/aromatic N) is 1. The molecule has 0 atom stereocenters. The van der Waals surface area contributed by atoms with Crippen molar-refractivity contribution in [3.8, 4) is 17.6 Å². The van der Waals surface area contributed by atoms with Crippen LogP contribution >= 0.6 is 11.6 Å². The molecule has 2 aromatic carbocycles. The molecule has 4 nitrogen and oxygen atoms in total. The van der Waals surface area contributed by atoms with Gasteiger partial charge in [-0.2, -0.15) is 5.26 Å². The average molecular weight is 289 g/mol. The molecule has 2 aromatic rings. The zero-order valence-corrected chi connectivity index (χ0v) is 11.9. The molecule has 0 fully saturated rings. The lowest BCUT2D eigenvalue weighted by Gasteiger charge is -2.12. The van der Waals surface area contributed by atoms with E-state index in [2.05, 4.69) is 5.32 Å². The third-order valence-electron chi connectivity index (χ3n) is 2.73. The lowest BCUT2D eigenvalue weighted by atomic mass is 10.2. The van der Waals surface area contributed by atoms with E-state index in [0.29, 0.717) is 27.8 Å². The summed E-state index contributed by atoms with van der Waals surface area (Å²) in [6, 6.07) is 12.6. The van der Waals surface area contributed by atoms with E-state index in [-0.39, 0.29) is 0 Å². The summed E-state index contributed by atoms with van der Waals surface area (Å²) < 4.78 is 10.4. The van der Waals surface area contributed by atoms with E-state index in [9.17, 15) is 0 Å². The minimum atomic E-state index is 0.478. The van der Waals surface area contributed by atoms with Gasteiger partial charge in [-0.3, -0.25) is 0 Å². The van der Waals surface area contributed by atoms with Crippen molar-refractivity contribution in [1.29, 1.82) is 5.26 Å². The Bertz CT molecular complexity index is 643. The Morgan fingerprint density at radius 2 is 1.70 bits per heavy atom. The van der Waals surface area contributed by atoms with Gasteiger partial charge in [0, 0.05) is 23.9 Å². The van der Waals surface area contributed by atoms with E-state index in [1.54, 1.807) is 38.5 Å². The normalized spacial score (nSPS) is 9.70. The van der Waals surface area contributed by atoms with Gasteiger partial charge >= 0.3 is 0 Å². The molecule has 20 heavy (non-hydrogen) atoms. The summed E-state index contributed by atoms with van der Waals surface area (Å²) in [7, 11) is 3.18.